The first-order valence-electron chi connectivity index (χ1n) is 9.62. The number of carbonyl (C=O) groups is 1. The molecule has 1 N–H and O–H groups in total. The van der Waals surface area contributed by atoms with E-state index in [1.54, 1.807) is 38.3 Å². The lowest BCUT2D eigenvalue weighted by molar-refractivity contribution is -0.122. The Morgan fingerprint density at radius 3 is 2.29 bits per heavy atom. The number of benzene rings is 2. The fourth-order valence-corrected chi connectivity index (χ4v) is 3.29. The van der Waals surface area contributed by atoms with E-state index in [0.717, 1.165) is 43.2 Å². The maximum atomic E-state index is 12.5. The van der Waals surface area contributed by atoms with Gasteiger partial charge in [0.15, 0.2) is 6.10 Å². The van der Waals surface area contributed by atoms with E-state index in [-0.39, 0.29) is 5.91 Å². The van der Waals surface area contributed by atoms with E-state index in [1.165, 1.54) is 5.69 Å². The Balaban J connectivity index is 1.59. The summed E-state index contributed by atoms with van der Waals surface area (Å²) in [5.41, 5.74) is 3.17. The number of anilines is 2. The molecule has 0 saturated carbocycles. The summed E-state index contributed by atoms with van der Waals surface area (Å²) >= 11 is 0. The molecule has 2 aromatic carbocycles. The lowest BCUT2D eigenvalue weighted by Gasteiger charge is -2.35. The van der Waals surface area contributed by atoms with Crippen molar-refractivity contribution in [2.24, 2.45) is 0 Å². The van der Waals surface area contributed by atoms with Gasteiger partial charge in [0.05, 0.1) is 7.11 Å². The molecule has 0 radical (unpaired) electrons. The van der Waals surface area contributed by atoms with E-state index in [4.69, 9.17) is 9.47 Å². The molecule has 3 rings (SSSR count). The van der Waals surface area contributed by atoms with Gasteiger partial charge >= 0.3 is 0 Å². The molecular formula is C22H29N3O3. The molecule has 0 aliphatic carbocycles. The molecule has 0 bridgehead atoms. The Labute approximate surface area is 167 Å². The summed E-state index contributed by atoms with van der Waals surface area (Å²) in [7, 11) is 3.76. The summed E-state index contributed by atoms with van der Waals surface area (Å²) in [6, 6.07) is 13.3. The lowest BCUT2D eigenvalue weighted by Crippen LogP contribution is -2.44. The van der Waals surface area contributed by atoms with E-state index >= 15 is 0 Å². The smallest absolute Gasteiger partial charge is 0.265 e. The van der Waals surface area contributed by atoms with Gasteiger partial charge < -0.3 is 24.6 Å². The van der Waals surface area contributed by atoms with Crippen LogP contribution in [0.25, 0.3) is 0 Å². The second kappa shape index (κ2) is 8.97. The first-order chi connectivity index (χ1) is 13.5. The highest BCUT2D eigenvalue weighted by atomic mass is 16.5. The monoisotopic (exact) mass is 383 g/mol. The number of piperazine rings is 1. The van der Waals surface area contributed by atoms with Gasteiger partial charge in [-0.3, -0.25) is 4.79 Å². The minimum atomic E-state index is -0.606. The number of methoxy groups -OCH3 is 1. The van der Waals surface area contributed by atoms with Gasteiger partial charge in [-0.05, 0) is 68.9 Å². The highest BCUT2D eigenvalue weighted by Gasteiger charge is 2.18. The molecule has 6 nitrogen and oxygen atoms in total. The Bertz CT molecular complexity index is 799. The van der Waals surface area contributed by atoms with Crippen LogP contribution < -0.4 is 19.7 Å². The number of nitrogens with zero attached hydrogens (tertiary/aromatic N) is 2. The second-order valence-electron chi connectivity index (χ2n) is 7.22. The van der Waals surface area contributed by atoms with E-state index in [1.807, 2.05) is 12.1 Å². The highest BCUT2D eigenvalue weighted by molar-refractivity contribution is 5.94. The van der Waals surface area contributed by atoms with E-state index in [0.29, 0.717) is 5.75 Å². The SMILES string of the molecule is COc1ccc(OC(C)C(=O)Nc2ccc(N3CCN(C)CC3)c(C)c2)cc1. The molecule has 6 heteroatoms. The van der Waals surface area contributed by atoms with Crippen LogP contribution in [0.1, 0.15) is 12.5 Å². The molecule has 1 saturated heterocycles. The Hall–Kier alpha value is -2.73. The zero-order valence-electron chi connectivity index (χ0n) is 17.1. The minimum Gasteiger partial charge on any atom is -0.497 e. The van der Waals surface area contributed by atoms with Crippen molar-refractivity contribution in [3.05, 3.63) is 48.0 Å². The van der Waals surface area contributed by atoms with Crippen LogP contribution in [0.5, 0.6) is 11.5 Å². The number of rotatable bonds is 6. The molecule has 150 valence electrons. The maximum absolute atomic E-state index is 12.5. The van der Waals surface area contributed by atoms with Crippen molar-refractivity contribution in [1.29, 1.82) is 0 Å². The average Bonchev–Trinajstić information content (AvgIpc) is 2.69. The van der Waals surface area contributed by atoms with Gasteiger partial charge in [-0.15, -0.1) is 0 Å². The summed E-state index contributed by atoms with van der Waals surface area (Å²) < 4.78 is 10.9. The lowest BCUT2D eigenvalue weighted by atomic mass is 10.1. The summed E-state index contributed by atoms with van der Waals surface area (Å²) in [5.74, 6) is 1.20. The number of nitrogens with one attached hydrogen (secondary N) is 1. The molecule has 1 unspecified atom stereocenters. The van der Waals surface area contributed by atoms with Gasteiger partial charge in [-0.25, -0.2) is 0 Å². The number of ether oxygens (including phenoxy) is 2. The number of carbonyl (C=O) groups excluding carboxylic acids is 1. The Morgan fingerprint density at radius 2 is 1.68 bits per heavy atom. The minimum absolute atomic E-state index is 0.178. The number of hydrogen-bond acceptors (Lipinski definition) is 5. The molecule has 0 spiro atoms. The Kier molecular flexibility index (Phi) is 6.41. The molecule has 1 heterocycles. The normalized spacial score (nSPS) is 15.8. The molecular weight excluding hydrogens is 354 g/mol. The quantitative estimate of drug-likeness (QED) is 0.830. The third-order valence-electron chi connectivity index (χ3n) is 5.05. The molecule has 1 fully saturated rings. The molecule has 1 atom stereocenters. The van der Waals surface area contributed by atoms with Crippen molar-refractivity contribution in [3.8, 4) is 11.5 Å². The van der Waals surface area contributed by atoms with Crippen molar-refractivity contribution in [2.75, 3.05) is 50.6 Å². The number of hydrogen-bond donors (Lipinski definition) is 1. The summed E-state index contributed by atoms with van der Waals surface area (Å²) in [4.78, 5) is 17.2. The van der Waals surface area contributed by atoms with Crippen LogP contribution in [0.15, 0.2) is 42.5 Å². The van der Waals surface area contributed by atoms with Gasteiger partial charge in [0.2, 0.25) is 0 Å². The topological polar surface area (TPSA) is 54.0 Å². The van der Waals surface area contributed by atoms with Gasteiger partial charge in [-0.2, -0.15) is 0 Å². The number of aryl methyl sites for hydroxylation is 1. The van der Waals surface area contributed by atoms with Crippen LogP contribution in [0.4, 0.5) is 11.4 Å². The van der Waals surface area contributed by atoms with Crippen molar-refractivity contribution < 1.29 is 14.3 Å². The summed E-state index contributed by atoms with van der Waals surface area (Å²) in [6.07, 6.45) is -0.606. The first kappa shape index (κ1) is 20.0. The number of amides is 1. The molecule has 1 amide bonds. The first-order valence-corrected chi connectivity index (χ1v) is 9.62. The molecule has 2 aromatic rings. The second-order valence-corrected chi connectivity index (χ2v) is 7.22. The molecule has 1 aliphatic heterocycles. The van der Waals surface area contributed by atoms with E-state index < -0.39 is 6.10 Å². The van der Waals surface area contributed by atoms with Crippen molar-refractivity contribution in [2.45, 2.75) is 20.0 Å². The third-order valence-corrected chi connectivity index (χ3v) is 5.05. The fourth-order valence-electron chi connectivity index (χ4n) is 3.29. The van der Waals surface area contributed by atoms with Crippen LogP contribution in [-0.2, 0) is 4.79 Å². The Morgan fingerprint density at radius 1 is 1.04 bits per heavy atom. The molecule has 0 aromatic heterocycles. The van der Waals surface area contributed by atoms with E-state index in [9.17, 15) is 4.79 Å². The van der Waals surface area contributed by atoms with E-state index in [2.05, 4.69) is 35.2 Å². The largest absolute Gasteiger partial charge is 0.497 e. The predicted molar refractivity (Wildman–Crippen MR) is 113 cm³/mol. The average molecular weight is 383 g/mol. The van der Waals surface area contributed by atoms with Crippen LogP contribution in [0.3, 0.4) is 0 Å². The van der Waals surface area contributed by atoms with Gasteiger partial charge in [0, 0.05) is 37.6 Å². The third kappa shape index (κ3) is 4.95. The van der Waals surface area contributed by atoms with Gasteiger partial charge in [0.25, 0.3) is 5.91 Å². The van der Waals surface area contributed by atoms with Crippen LogP contribution in [0.2, 0.25) is 0 Å². The maximum Gasteiger partial charge on any atom is 0.265 e. The van der Waals surface area contributed by atoms with Crippen molar-refractivity contribution >= 4 is 17.3 Å². The zero-order chi connectivity index (χ0) is 20.1. The predicted octanol–water partition coefficient (Wildman–Crippen LogP) is 3.16. The molecule has 28 heavy (non-hydrogen) atoms. The standard InChI is InChI=1S/C22H29N3O3/c1-16-15-18(5-10-21(16)25-13-11-24(3)12-14-25)23-22(26)17(2)28-20-8-6-19(27-4)7-9-20/h5-10,15,17H,11-14H2,1-4H3,(H,23,26). The van der Waals surface area contributed by atoms with Gasteiger partial charge in [0.1, 0.15) is 11.5 Å². The molecule has 1 aliphatic rings. The summed E-state index contributed by atoms with van der Waals surface area (Å²) in [5, 5.41) is 2.95. The van der Waals surface area contributed by atoms with Crippen molar-refractivity contribution in [1.82, 2.24) is 4.90 Å². The fraction of sp³-hybridized carbons (Fsp3) is 0.409. The van der Waals surface area contributed by atoms with Crippen LogP contribution in [0, 0.1) is 6.92 Å². The highest BCUT2D eigenvalue weighted by Crippen LogP contribution is 2.25. The van der Waals surface area contributed by atoms with Gasteiger partial charge in [-0.1, -0.05) is 0 Å². The van der Waals surface area contributed by atoms with Crippen LogP contribution >= 0.6 is 0 Å². The van der Waals surface area contributed by atoms with Crippen molar-refractivity contribution in [3.63, 3.8) is 0 Å². The number of likely N-dealkylation sites (N-methyl/N-ethyl adjacent to an activating group) is 1. The summed E-state index contributed by atoms with van der Waals surface area (Å²) in [6.45, 7) is 8.01. The van der Waals surface area contributed by atoms with Crippen LogP contribution in [-0.4, -0.2) is 57.2 Å². The zero-order valence-corrected chi connectivity index (χ0v) is 17.1.